The predicted octanol–water partition coefficient (Wildman–Crippen LogP) is 7.69. The van der Waals surface area contributed by atoms with E-state index < -0.39 is 0 Å². The van der Waals surface area contributed by atoms with Crippen LogP contribution in [0.1, 0.15) is 81.2 Å². The normalized spacial score (nSPS) is 21.0. The number of nitrogens with zero attached hydrogens (tertiary/aromatic N) is 3. The highest BCUT2D eigenvalue weighted by atomic mass is 15.4. The number of aromatic nitrogens is 1. The summed E-state index contributed by atoms with van der Waals surface area (Å²) >= 11 is 0. The van der Waals surface area contributed by atoms with Gasteiger partial charge >= 0.3 is 0 Å². The lowest BCUT2D eigenvalue weighted by molar-refractivity contribution is 0.0825. The summed E-state index contributed by atoms with van der Waals surface area (Å²) < 4.78 is 0. The van der Waals surface area contributed by atoms with Crippen molar-refractivity contribution in [2.45, 2.75) is 84.8 Å². The number of fused-ring (bicyclic) bond motifs is 4. The summed E-state index contributed by atoms with van der Waals surface area (Å²) in [5.74, 6) is 0. The summed E-state index contributed by atoms with van der Waals surface area (Å²) in [6.07, 6.45) is 12.8. The molecule has 1 unspecified atom stereocenters. The highest BCUT2D eigenvalue weighted by Crippen LogP contribution is 2.62. The Morgan fingerprint density at radius 2 is 1.56 bits per heavy atom. The molecular formula is C33H37N3. The highest BCUT2D eigenvalue weighted by Gasteiger charge is 2.56. The van der Waals surface area contributed by atoms with Crippen molar-refractivity contribution in [2.75, 3.05) is 4.90 Å². The molecule has 0 saturated carbocycles. The molecule has 1 aromatic heterocycles. The molecule has 4 heterocycles. The van der Waals surface area contributed by atoms with Crippen molar-refractivity contribution in [1.29, 1.82) is 0 Å². The zero-order chi connectivity index (χ0) is 24.6. The fourth-order valence-electron chi connectivity index (χ4n) is 7.78. The van der Waals surface area contributed by atoms with Crippen molar-refractivity contribution in [2.24, 2.45) is 5.41 Å². The van der Waals surface area contributed by atoms with Gasteiger partial charge in [-0.2, -0.15) is 0 Å². The van der Waals surface area contributed by atoms with Crippen LogP contribution in [-0.4, -0.2) is 22.1 Å². The van der Waals surface area contributed by atoms with Gasteiger partial charge in [0, 0.05) is 40.5 Å². The van der Waals surface area contributed by atoms with Crippen molar-refractivity contribution in [3.8, 4) is 11.1 Å². The fourth-order valence-corrected chi connectivity index (χ4v) is 7.78. The van der Waals surface area contributed by atoms with E-state index in [1.54, 1.807) is 11.1 Å². The summed E-state index contributed by atoms with van der Waals surface area (Å²) in [7, 11) is 0. The summed E-state index contributed by atoms with van der Waals surface area (Å²) in [4.78, 5) is 9.94. The van der Waals surface area contributed by atoms with Crippen molar-refractivity contribution in [3.05, 3.63) is 82.7 Å². The third kappa shape index (κ3) is 2.83. The Kier molecular flexibility index (Phi) is 4.90. The second-order valence-corrected chi connectivity index (χ2v) is 11.6. The molecule has 1 atom stereocenters. The van der Waals surface area contributed by atoms with E-state index >= 15 is 0 Å². The van der Waals surface area contributed by atoms with Gasteiger partial charge in [-0.1, -0.05) is 38.1 Å². The number of pyridine rings is 1. The van der Waals surface area contributed by atoms with Crippen LogP contribution in [0, 0.1) is 5.41 Å². The Morgan fingerprint density at radius 1 is 0.861 bits per heavy atom. The predicted molar refractivity (Wildman–Crippen MR) is 150 cm³/mol. The Balaban J connectivity index is 1.63. The van der Waals surface area contributed by atoms with Crippen LogP contribution in [0.15, 0.2) is 54.9 Å². The van der Waals surface area contributed by atoms with Gasteiger partial charge in [-0.3, -0.25) is 4.98 Å². The van der Waals surface area contributed by atoms with Gasteiger partial charge in [0.25, 0.3) is 0 Å². The molecule has 0 N–H and O–H groups in total. The summed E-state index contributed by atoms with van der Waals surface area (Å²) in [6, 6.07) is 17.1. The number of hydrogen-bond acceptors (Lipinski definition) is 3. The first-order chi connectivity index (χ1) is 17.6. The van der Waals surface area contributed by atoms with Crippen molar-refractivity contribution in [1.82, 2.24) is 9.88 Å². The number of benzene rings is 2. The quantitative estimate of drug-likeness (QED) is 0.386. The van der Waals surface area contributed by atoms with E-state index in [-0.39, 0.29) is 5.41 Å². The zero-order valence-electron chi connectivity index (χ0n) is 22.1. The third-order valence-corrected chi connectivity index (χ3v) is 9.63. The van der Waals surface area contributed by atoms with Gasteiger partial charge in [0.05, 0.1) is 17.1 Å². The van der Waals surface area contributed by atoms with Crippen LogP contribution in [0.25, 0.3) is 22.5 Å². The molecule has 0 radical (unpaired) electrons. The number of hydrogen-bond donors (Lipinski definition) is 0. The maximum atomic E-state index is 4.38. The van der Waals surface area contributed by atoms with Crippen LogP contribution in [0.2, 0.25) is 0 Å². The molecule has 1 aliphatic carbocycles. The van der Waals surface area contributed by atoms with E-state index in [1.165, 1.54) is 83.4 Å². The number of rotatable bonds is 4. The van der Waals surface area contributed by atoms with Crippen molar-refractivity contribution >= 4 is 17.1 Å². The minimum Gasteiger partial charge on any atom is -0.346 e. The van der Waals surface area contributed by atoms with Gasteiger partial charge in [0.2, 0.25) is 0 Å². The third-order valence-electron chi connectivity index (χ3n) is 9.63. The van der Waals surface area contributed by atoms with Gasteiger partial charge in [-0.15, -0.1) is 0 Å². The van der Waals surface area contributed by atoms with E-state index in [2.05, 4.69) is 84.9 Å². The molecule has 3 heteroatoms. The van der Waals surface area contributed by atoms with E-state index in [0.29, 0.717) is 12.2 Å². The first-order valence-electron chi connectivity index (χ1n) is 14.1. The van der Waals surface area contributed by atoms with Crippen LogP contribution >= 0.6 is 0 Å². The molecule has 0 fully saturated rings. The molecular weight excluding hydrogens is 438 g/mol. The molecule has 3 nitrogen and oxygen atoms in total. The fraction of sp³-hybridized carbons (Fsp3) is 0.424. The monoisotopic (exact) mass is 475 g/mol. The van der Waals surface area contributed by atoms with Crippen molar-refractivity contribution < 1.29 is 0 Å². The average Bonchev–Trinajstić information content (AvgIpc) is 3.29. The molecule has 184 valence electrons. The Labute approximate surface area is 215 Å². The standard InChI is InChI=1S/C33H37N3/c1-5-33(6-2)20-25-12-9-13-26-27-18-23-10-7-8-11-24(23)19-28(27)31-30(22-14-16-34-17-15-22)35(21(3)4)32(33)36(31)29(25)26/h9,12-19,21,32H,5-8,10-11,20H2,1-4H3. The van der Waals surface area contributed by atoms with Crippen LogP contribution < -0.4 is 4.90 Å². The average molecular weight is 476 g/mol. The Bertz CT molecular complexity index is 1380. The van der Waals surface area contributed by atoms with Gasteiger partial charge in [0.15, 0.2) is 0 Å². The van der Waals surface area contributed by atoms with E-state index in [9.17, 15) is 0 Å². The van der Waals surface area contributed by atoms with Crippen LogP contribution in [0.5, 0.6) is 0 Å². The lowest BCUT2D eigenvalue weighted by atomic mass is 9.69. The molecule has 0 spiro atoms. The molecule has 36 heavy (non-hydrogen) atoms. The van der Waals surface area contributed by atoms with Gasteiger partial charge in [0.1, 0.15) is 6.17 Å². The van der Waals surface area contributed by atoms with Crippen LogP contribution in [-0.2, 0) is 19.3 Å². The van der Waals surface area contributed by atoms with E-state index in [4.69, 9.17) is 0 Å². The summed E-state index contributed by atoms with van der Waals surface area (Å²) in [5, 5.41) is 0. The smallest absolute Gasteiger partial charge is 0.113 e. The minimum absolute atomic E-state index is 0.196. The van der Waals surface area contributed by atoms with Crippen molar-refractivity contribution in [3.63, 3.8) is 0 Å². The maximum absolute atomic E-state index is 4.38. The molecule has 3 aliphatic heterocycles. The molecule has 0 saturated heterocycles. The molecule has 0 bridgehead atoms. The zero-order valence-corrected chi connectivity index (χ0v) is 22.1. The second-order valence-electron chi connectivity index (χ2n) is 11.6. The SMILES string of the molecule is CCC1(CC)Cc2cccc3c2N2C(=C(c4ccncc4)N(C(C)C)C21)c1cc2c(cc1-3)CCCC2. The molecule has 0 amide bonds. The van der Waals surface area contributed by atoms with Gasteiger partial charge in [-0.05, 0) is 99.2 Å². The minimum atomic E-state index is 0.196. The molecule has 3 aromatic rings. The highest BCUT2D eigenvalue weighted by molar-refractivity contribution is 6.10. The second kappa shape index (κ2) is 7.96. The summed E-state index contributed by atoms with van der Waals surface area (Å²) in [6.45, 7) is 9.58. The first kappa shape index (κ1) is 22.2. The summed E-state index contributed by atoms with van der Waals surface area (Å²) in [5.41, 5.74) is 14.7. The maximum Gasteiger partial charge on any atom is 0.113 e. The topological polar surface area (TPSA) is 19.4 Å². The lowest BCUT2D eigenvalue weighted by Crippen LogP contribution is -2.58. The first-order valence-corrected chi connectivity index (χ1v) is 14.1. The number of para-hydroxylation sites is 1. The Morgan fingerprint density at radius 3 is 2.22 bits per heavy atom. The molecule has 2 aromatic carbocycles. The van der Waals surface area contributed by atoms with E-state index in [1.807, 2.05) is 12.4 Å². The van der Waals surface area contributed by atoms with Gasteiger partial charge in [-0.25, -0.2) is 0 Å². The van der Waals surface area contributed by atoms with E-state index in [0.717, 1.165) is 6.42 Å². The lowest BCUT2D eigenvalue weighted by Gasteiger charge is -2.54. The molecule has 4 aliphatic rings. The van der Waals surface area contributed by atoms with Gasteiger partial charge < -0.3 is 9.80 Å². The number of anilines is 1. The van der Waals surface area contributed by atoms with Crippen LogP contribution in [0.4, 0.5) is 5.69 Å². The van der Waals surface area contributed by atoms with Crippen LogP contribution in [0.3, 0.4) is 0 Å². The Hall–Kier alpha value is -3.07. The largest absolute Gasteiger partial charge is 0.346 e. The number of aryl methyl sites for hydroxylation is 2. The molecule has 7 rings (SSSR count).